The van der Waals surface area contributed by atoms with Gasteiger partial charge in [-0.3, -0.25) is 14.5 Å². The van der Waals surface area contributed by atoms with Gasteiger partial charge in [0.2, 0.25) is 0 Å². The maximum atomic E-state index is 13.6. The first-order chi connectivity index (χ1) is 20.5. The summed E-state index contributed by atoms with van der Waals surface area (Å²) in [6, 6.07) is 33.7. The SMILES string of the molecule is O=C(NC1CCN(Cc2ccccc2)CC1)c1ccc(/C=C2/Sc3ccccc3N(Cc3cccc(Cl)c3)C2=O)cc1. The molecule has 1 fully saturated rings. The summed E-state index contributed by atoms with van der Waals surface area (Å²) in [5, 5.41) is 3.86. The second kappa shape index (κ2) is 13.0. The lowest BCUT2D eigenvalue weighted by Gasteiger charge is -2.32. The molecule has 5 nitrogen and oxygen atoms in total. The van der Waals surface area contributed by atoms with Crippen LogP contribution in [0.4, 0.5) is 5.69 Å². The van der Waals surface area contributed by atoms with E-state index in [0.29, 0.717) is 22.0 Å². The second-order valence-electron chi connectivity index (χ2n) is 10.7. The molecule has 0 radical (unpaired) electrons. The van der Waals surface area contributed by atoms with Gasteiger partial charge in [-0.1, -0.05) is 90.1 Å². The number of halogens is 1. The molecule has 4 aromatic rings. The second-order valence-corrected chi connectivity index (χ2v) is 12.3. The van der Waals surface area contributed by atoms with Crippen molar-refractivity contribution in [1.82, 2.24) is 10.2 Å². The molecule has 0 atom stereocenters. The zero-order valence-electron chi connectivity index (χ0n) is 23.2. The van der Waals surface area contributed by atoms with Crippen molar-refractivity contribution >= 4 is 46.9 Å². The number of hydrogen-bond donors (Lipinski definition) is 1. The number of carbonyl (C=O) groups excluding carboxylic acids is 2. The number of hydrogen-bond acceptors (Lipinski definition) is 4. The van der Waals surface area contributed by atoms with E-state index in [2.05, 4.69) is 34.5 Å². The molecule has 6 rings (SSSR count). The van der Waals surface area contributed by atoms with Gasteiger partial charge >= 0.3 is 0 Å². The van der Waals surface area contributed by atoms with Crippen LogP contribution in [0.1, 0.15) is 39.9 Å². The summed E-state index contributed by atoms with van der Waals surface area (Å²) in [5.74, 6) is -0.112. The topological polar surface area (TPSA) is 52.7 Å². The van der Waals surface area contributed by atoms with Crippen molar-refractivity contribution in [3.8, 4) is 0 Å². The summed E-state index contributed by atoms with van der Waals surface area (Å²) in [7, 11) is 0. The van der Waals surface area contributed by atoms with Gasteiger partial charge in [-0.15, -0.1) is 0 Å². The Labute approximate surface area is 256 Å². The Bertz CT molecular complexity index is 1600. The van der Waals surface area contributed by atoms with Gasteiger partial charge in [-0.25, -0.2) is 0 Å². The van der Waals surface area contributed by atoms with Crippen LogP contribution in [-0.4, -0.2) is 35.8 Å². The molecule has 7 heteroatoms. The highest BCUT2D eigenvalue weighted by Crippen LogP contribution is 2.42. The predicted octanol–water partition coefficient (Wildman–Crippen LogP) is 7.41. The highest BCUT2D eigenvalue weighted by atomic mass is 35.5. The molecule has 2 aliphatic heterocycles. The molecule has 1 N–H and O–H groups in total. The Balaban J connectivity index is 1.10. The third kappa shape index (κ3) is 6.79. The zero-order valence-corrected chi connectivity index (χ0v) is 24.8. The molecule has 42 heavy (non-hydrogen) atoms. The number of carbonyl (C=O) groups is 2. The summed E-state index contributed by atoms with van der Waals surface area (Å²) in [4.78, 5) is 32.5. The molecule has 0 unspecified atom stereocenters. The molecule has 0 saturated carbocycles. The molecule has 2 amide bonds. The molecule has 0 aromatic heterocycles. The maximum absolute atomic E-state index is 13.6. The maximum Gasteiger partial charge on any atom is 0.265 e. The summed E-state index contributed by atoms with van der Waals surface area (Å²) in [6.45, 7) is 3.31. The van der Waals surface area contributed by atoms with E-state index >= 15 is 0 Å². The summed E-state index contributed by atoms with van der Waals surface area (Å²) in [6.07, 6.45) is 3.78. The smallest absolute Gasteiger partial charge is 0.265 e. The molecular formula is C35H32ClN3O2S. The van der Waals surface area contributed by atoms with Crippen LogP contribution in [0, 0.1) is 0 Å². The highest BCUT2D eigenvalue weighted by Gasteiger charge is 2.29. The van der Waals surface area contributed by atoms with Crippen molar-refractivity contribution < 1.29 is 9.59 Å². The van der Waals surface area contributed by atoms with Crippen LogP contribution in [0.25, 0.3) is 6.08 Å². The molecule has 0 bridgehead atoms. The van der Waals surface area contributed by atoms with Crippen molar-refractivity contribution in [1.29, 1.82) is 0 Å². The predicted molar refractivity (Wildman–Crippen MR) is 172 cm³/mol. The Morgan fingerprint density at radius 2 is 1.57 bits per heavy atom. The van der Waals surface area contributed by atoms with Crippen molar-refractivity contribution in [3.05, 3.63) is 135 Å². The van der Waals surface area contributed by atoms with Crippen LogP contribution >= 0.6 is 23.4 Å². The monoisotopic (exact) mass is 593 g/mol. The Morgan fingerprint density at radius 3 is 2.33 bits per heavy atom. The van der Waals surface area contributed by atoms with Crippen molar-refractivity contribution in [3.63, 3.8) is 0 Å². The van der Waals surface area contributed by atoms with E-state index in [0.717, 1.165) is 54.2 Å². The van der Waals surface area contributed by atoms with Gasteiger partial charge in [0.1, 0.15) is 0 Å². The molecule has 2 heterocycles. The largest absolute Gasteiger partial charge is 0.349 e. The number of nitrogens with zero attached hydrogens (tertiary/aromatic N) is 2. The Hall–Kier alpha value is -3.84. The van der Waals surface area contributed by atoms with Crippen LogP contribution in [0.3, 0.4) is 0 Å². The minimum Gasteiger partial charge on any atom is -0.349 e. The average molecular weight is 594 g/mol. The van der Waals surface area contributed by atoms with Gasteiger partial charge < -0.3 is 10.2 Å². The number of para-hydroxylation sites is 1. The number of benzene rings is 4. The van der Waals surface area contributed by atoms with Crippen LogP contribution in [-0.2, 0) is 17.9 Å². The first kappa shape index (κ1) is 28.3. The van der Waals surface area contributed by atoms with Gasteiger partial charge in [0.25, 0.3) is 11.8 Å². The van der Waals surface area contributed by atoms with Gasteiger partial charge in [0, 0.05) is 41.2 Å². The van der Waals surface area contributed by atoms with Crippen molar-refractivity contribution in [2.75, 3.05) is 18.0 Å². The Morgan fingerprint density at radius 1 is 0.857 bits per heavy atom. The van der Waals surface area contributed by atoms with Crippen LogP contribution < -0.4 is 10.2 Å². The van der Waals surface area contributed by atoms with E-state index in [1.165, 1.54) is 17.3 Å². The number of rotatable bonds is 7. The fraction of sp³-hybridized carbons (Fsp3) is 0.200. The average Bonchev–Trinajstić information content (AvgIpc) is 3.01. The summed E-state index contributed by atoms with van der Waals surface area (Å²) in [5.41, 5.74) is 4.68. The van der Waals surface area contributed by atoms with Crippen LogP contribution in [0.2, 0.25) is 5.02 Å². The summed E-state index contributed by atoms with van der Waals surface area (Å²) >= 11 is 7.68. The van der Waals surface area contributed by atoms with E-state index in [1.807, 2.05) is 84.9 Å². The van der Waals surface area contributed by atoms with E-state index in [1.54, 1.807) is 4.90 Å². The normalized spacial score (nSPS) is 16.8. The fourth-order valence-corrected chi connectivity index (χ4v) is 6.74. The van der Waals surface area contributed by atoms with Crippen molar-refractivity contribution in [2.24, 2.45) is 0 Å². The number of likely N-dealkylation sites (tertiary alicyclic amines) is 1. The lowest BCUT2D eigenvalue weighted by molar-refractivity contribution is -0.114. The number of thioether (sulfide) groups is 1. The quantitative estimate of drug-likeness (QED) is 0.227. The zero-order chi connectivity index (χ0) is 28.9. The van der Waals surface area contributed by atoms with Crippen molar-refractivity contribution in [2.45, 2.75) is 36.9 Å². The van der Waals surface area contributed by atoms with Gasteiger partial charge in [0.15, 0.2) is 0 Å². The van der Waals surface area contributed by atoms with E-state index in [9.17, 15) is 9.59 Å². The molecule has 0 spiro atoms. The number of piperidine rings is 1. The lowest BCUT2D eigenvalue weighted by Crippen LogP contribution is -2.44. The van der Waals surface area contributed by atoms with Gasteiger partial charge in [-0.2, -0.15) is 0 Å². The number of anilines is 1. The van der Waals surface area contributed by atoms with Gasteiger partial charge in [0.05, 0.1) is 17.1 Å². The molecule has 1 saturated heterocycles. The minimum atomic E-state index is -0.0564. The lowest BCUT2D eigenvalue weighted by atomic mass is 10.0. The minimum absolute atomic E-state index is 0.0551. The molecule has 0 aliphatic carbocycles. The molecule has 4 aromatic carbocycles. The standard InChI is InChI=1S/C35H32ClN3O2S/c36-29-10-6-9-27(21-29)24-39-31-11-4-5-12-32(31)42-33(35(39)41)22-25-13-15-28(16-14-25)34(40)37-30-17-19-38(20-18-30)23-26-7-2-1-3-8-26/h1-16,21-22,30H,17-20,23-24H2,(H,37,40)/b33-22+. The Kier molecular flexibility index (Phi) is 8.75. The molecule has 212 valence electrons. The molecule has 2 aliphatic rings. The third-order valence-corrected chi connectivity index (χ3v) is 9.02. The molecular weight excluding hydrogens is 562 g/mol. The number of nitrogens with one attached hydrogen (secondary N) is 1. The van der Waals surface area contributed by atoms with E-state index in [-0.39, 0.29) is 17.9 Å². The third-order valence-electron chi connectivity index (χ3n) is 7.70. The van der Waals surface area contributed by atoms with E-state index in [4.69, 9.17) is 11.6 Å². The summed E-state index contributed by atoms with van der Waals surface area (Å²) < 4.78 is 0. The number of amides is 2. The van der Waals surface area contributed by atoms with E-state index < -0.39 is 0 Å². The highest BCUT2D eigenvalue weighted by molar-refractivity contribution is 8.04. The fourth-order valence-electron chi connectivity index (χ4n) is 5.46. The first-order valence-electron chi connectivity index (χ1n) is 14.2. The van der Waals surface area contributed by atoms with Crippen LogP contribution in [0.15, 0.2) is 113 Å². The van der Waals surface area contributed by atoms with Gasteiger partial charge in [-0.05, 0) is 72.0 Å². The first-order valence-corrected chi connectivity index (χ1v) is 15.4. The number of fused-ring (bicyclic) bond motifs is 1. The van der Waals surface area contributed by atoms with Crippen LogP contribution in [0.5, 0.6) is 0 Å².